The van der Waals surface area contributed by atoms with Gasteiger partial charge in [0.2, 0.25) is 11.8 Å². The lowest BCUT2D eigenvalue weighted by Gasteiger charge is -2.31. The zero-order chi connectivity index (χ0) is 17.5. The van der Waals surface area contributed by atoms with Gasteiger partial charge in [-0.25, -0.2) is 0 Å². The van der Waals surface area contributed by atoms with Crippen molar-refractivity contribution in [2.45, 2.75) is 44.0 Å². The van der Waals surface area contributed by atoms with Crippen molar-refractivity contribution in [2.75, 3.05) is 18.8 Å². The third-order valence-corrected chi connectivity index (χ3v) is 5.59. The third-order valence-electron chi connectivity index (χ3n) is 4.05. The Kier molecular flexibility index (Phi) is 7.62. The number of halogens is 1. The lowest BCUT2D eigenvalue weighted by Crippen LogP contribution is -2.44. The first-order valence-electron chi connectivity index (χ1n) is 8.42. The summed E-state index contributed by atoms with van der Waals surface area (Å²) >= 11 is 5.12. The van der Waals surface area contributed by atoms with Crippen LogP contribution in [-0.2, 0) is 9.59 Å². The lowest BCUT2D eigenvalue weighted by molar-refractivity contribution is -0.135. The van der Waals surface area contributed by atoms with E-state index >= 15 is 0 Å². The van der Waals surface area contributed by atoms with Crippen LogP contribution in [0, 0.1) is 5.92 Å². The average molecular weight is 413 g/mol. The van der Waals surface area contributed by atoms with Crippen molar-refractivity contribution in [3.05, 3.63) is 28.7 Å². The molecule has 1 aliphatic rings. The van der Waals surface area contributed by atoms with E-state index in [0.717, 1.165) is 23.1 Å². The highest BCUT2D eigenvalue weighted by Crippen LogP contribution is 2.23. The Balaban J connectivity index is 1.69. The SMILES string of the molecule is CC(C)NC(=O)C1CCN(C(=O)CCSc2ccc(Br)cc2)CC1. The number of benzene rings is 1. The molecule has 1 aliphatic heterocycles. The van der Waals surface area contributed by atoms with E-state index in [1.165, 1.54) is 4.90 Å². The number of rotatable bonds is 6. The normalized spacial score (nSPS) is 15.6. The predicted molar refractivity (Wildman–Crippen MR) is 102 cm³/mol. The van der Waals surface area contributed by atoms with Crippen LogP contribution in [0.5, 0.6) is 0 Å². The highest BCUT2D eigenvalue weighted by Gasteiger charge is 2.27. The number of likely N-dealkylation sites (tertiary alicyclic amines) is 1. The number of hydrogen-bond acceptors (Lipinski definition) is 3. The average Bonchev–Trinajstić information content (AvgIpc) is 2.56. The van der Waals surface area contributed by atoms with Crippen LogP contribution in [0.3, 0.4) is 0 Å². The second-order valence-corrected chi connectivity index (χ2v) is 8.45. The van der Waals surface area contributed by atoms with Gasteiger partial charge in [-0.15, -0.1) is 11.8 Å². The summed E-state index contributed by atoms with van der Waals surface area (Å²) in [6.45, 7) is 5.33. The number of thioether (sulfide) groups is 1. The summed E-state index contributed by atoms with van der Waals surface area (Å²) in [5.41, 5.74) is 0. The Morgan fingerprint density at radius 2 is 1.88 bits per heavy atom. The topological polar surface area (TPSA) is 49.4 Å². The van der Waals surface area contributed by atoms with E-state index in [9.17, 15) is 9.59 Å². The molecule has 1 saturated heterocycles. The maximum absolute atomic E-state index is 12.3. The first-order valence-corrected chi connectivity index (χ1v) is 10.2. The second-order valence-electron chi connectivity index (χ2n) is 6.37. The molecule has 1 fully saturated rings. The van der Waals surface area contributed by atoms with Gasteiger partial charge < -0.3 is 10.2 Å². The maximum Gasteiger partial charge on any atom is 0.223 e. The number of carbonyl (C=O) groups is 2. The van der Waals surface area contributed by atoms with Gasteiger partial charge >= 0.3 is 0 Å². The van der Waals surface area contributed by atoms with Gasteiger partial charge in [0.15, 0.2) is 0 Å². The van der Waals surface area contributed by atoms with Crippen molar-refractivity contribution in [1.82, 2.24) is 10.2 Å². The minimum atomic E-state index is 0.0496. The van der Waals surface area contributed by atoms with Crippen LogP contribution >= 0.6 is 27.7 Å². The summed E-state index contributed by atoms with van der Waals surface area (Å²) in [4.78, 5) is 27.4. The van der Waals surface area contributed by atoms with E-state index in [-0.39, 0.29) is 23.8 Å². The van der Waals surface area contributed by atoms with Gasteiger partial charge in [0.05, 0.1) is 0 Å². The van der Waals surface area contributed by atoms with Gasteiger partial charge in [-0.2, -0.15) is 0 Å². The first-order chi connectivity index (χ1) is 11.5. The van der Waals surface area contributed by atoms with E-state index in [0.29, 0.717) is 19.5 Å². The Hall–Kier alpha value is -1.01. The fraction of sp³-hybridized carbons (Fsp3) is 0.556. The van der Waals surface area contributed by atoms with Gasteiger partial charge in [-0.05, 0) is 51.0 Å². The molecule has 0 atom stereocenters. The molecule has 0 spiro atoms. The molecule has 24 heavy (non-hydrogen) atoms. The number of hydrogen-bond donors (Lipinski definition) is 1. The van der Waals surface area contributed by atoms with Crippen molar-refractivity contribution in [1.29, 1.82) is 0 Å². The molecule has 2 rings (SSSR count). The van der Waals surface area contributed by atoms with Crippen LogP contribution in [0.15, 0.2) is 33.6 Å². The molecule has 1 N–H and O–H groups in total. The van der Waals surface area contributed by atoms with E-state index in [1.54, 1.807) is 11.8 Å². The zero-order valence-corrected chi connectivity index (χ0v) is 16.7. The molecule has 0 unspecified atom stereocenters. The highest BCUT2D eigenvalue weighted by atomic mass is 79.9. The number of nitrogens with zero attached hydrogens (tertiary/aromatic N) is 1. The molecule has 1 aromatic rings. The lowest BCUT2D eigenvalue weighted by atomic mass is 9.95. The highest BCUT2D eigenvalue weighted by molar-refractivity contribution is 9.10. The first kappa shape index (κ1) is 19.3. The molecule has 0 aliphatic carbocycles. The fourth-order valence-corrected chi connectivity index (χ4v) is 3.84. The van der Waals surface area contributed by atoms with Crippen molar-refractivity contribution in [3.63, 3.8) is 0 Å². The molecule has 0 radical (unpaired) electrons. The Morgan fingerprint density at radius 1 is 1.25 bits per heavy atom. The van der Waals surface area contributed by atoms with Crippen molar-refractivity contribution >= 4 is 39.5 Å². The minimum absolute atomic E-state index is 0.0496. The van der Waals surface area contributed by atoms with E-state index in [2.05, 4.69) is 33.4 Å². The van der Waals surface area contributed by atoms with Gasteiger partial charge in [0.1, 0.15) is 0 Å². The van der Waals surface area contributed by atoms with Crippen LogP contribution in [0.1, 0.15) is 33.1 Å². The quantitative estimate of drug-likeness (QED) is 0.724. The number of nitrogens with one attached hydrogen (secondary N) is 1. The molecule has 4 nitrogen and oxygen atoms in total. The second kappa shape index (κ2) is 9.47. The Morgan fingerprint density at radius 3 is 2.46 bits per heavy atom. The molecule has 1 aromatic carbocycles. The molecule has 0 aromatic heterocycles. The molecule has 0 saturated carbocycles. The van der Waals surface area contributed by atoms with E-state index in [4.69, 9.17) is 0 Å². The van der Waals surface area contributed by atoms with Gasteiger partial charge in [0.25, 0.3) is 0 Å². The van der Waals surface area contributed by atoms with Crippen LogP contribution in [0.25, 0.3) is 0 Å². The minimum Gasteiger partial charge on any atom is -0.354 e. The van der Waals surface area contributed by atoms with E-state index in [1.807, 2.05) is 30.9 Å². The molecule has 1 heterocycles. The van der Waals surface area contributed by atoms with Crippen LogP contribution < -0.4 is 5.32 Å². The molecule has 2 amide bonds. The number of amides is 2. The maximum atomic E-state index is 12.3. The molecule has 6 heteroatoms. The van der Waals surface area contributed by atoms with Crippen LogP contribution in [0.4, 0.5) is 0 Å². The Bertz CT molecular complexity index is 555. The van der Waals surface area contributed by atoms with Crippen LogP contribution in [0.2, 0.25) is 0 Å². The van der Waals surface area contributed by atoms with Crippen molar-refractivity contribution in [2.24, 2.45) is 5.92 Å². The summed E-state index contributed by atoms with van der Waals surface area (Å²) in [6, 6.07) is 8.30. The summed E-state index contributed by atoms with van der Waals surface area (Å²) in [5.74, 6) is 1.16. The standard InChI is InChI=1S/C18H25BrN2O2S/c1-13(2)20-18(23)14-7-10-21(11-8-14)17(22)9-12-24-16-5-3-15(19)4-6-16/h3-6,13-14H,7-12H2,1-2H3,(H,20,23). The van der Waals surface area contributed by atoms with Gasteiger partial charge in [-0.3, -0.25) is 9.59 Å². The number of carbonyl (C=O) groups excluding carboxylic acids is 2. The largest absolute Gasteiger partial charge is 0.354 e. The third kappa shape index (κ3) is 6.13. The summed E-state index contributed by atoms with van der Waals surface area (Å²) in [6.07, 6.45) is 2.08. The summed E-state index contributed by atoms with van der Waals surface area (Å²) in [7, 11) is 0. The van der Waals surface area contributed by atoms with Crippen LogP contribution in [-0.4, -0.2) is 41.6 Å². The van der Waals surface area contributed by atoms with E-state index < -0.39 is 0 Å². The smallest absolute Gasteiger partial charge is 0.223 e. The summed E-state index contributed by atoms with van der Waals surface area (Å²) < 4.78 is 1.06. The fourth-order valence-electron chi connectivity index (χ4n) is 2.74. The molecule has 132 valence electrons. The van der Waals surface area contributed by atoms with Gasteiger partial charge in [-0.1, -0.05) is 15.9 Å². The predicted octanol–water partition coefficient (Wildman–Crippen LogP) is 3.69. The monoisotopic (exact) mass is 412 g/mol. The molecular formula is C18H25BrN2O2S. The molecular weight excluding hydrogens is 388 g/mol. The number of piperidine rings is 1. The Labute approximate surface area is 156 Å². The molecule has 0 bridgehead atoms. The summed E-state index contributed by atoms with van der Waals surface area (Å²) in [5, 5.41) is 2.96. The van der Waals surface area contributed by atoms with Crippen molar-refractivity contribution in [3.8, 4) is 0 Å². The zero-order valence-electron chi connectivity index (χ0n) is 14.3. The van der Waals surface area contributed by atoms with Gasteiger partial charge in [0, 0.05) is 46.6 Å². The van der Waals surface area contributed by atoms with Crippen molar-refractivity contribution < 1.29 is 9.59 Å².